The summed E-state index contributed by atoms with van der Waals surface area (Å²) in [5.74, 6) is 2.72. The molecule has 1 N–H and O–H groups in total. The first kappa shape index (κ1) is 23.2. The van der Waals surface area contributed by atoms with E-state index in [1.165, 1.54) is 0 Å². The van der Waals surface area contributed by atoms with Gasteiger partial charge in [-0.05, 0) is 73.0 Å². The molecule has 0 fully saturated rings. The average Bonchev–Trinajstić information content (AvgIpc) is 2.81. The monoisotopic (exact) mass is 474 g/mol. The first-order valence-electron chi connectivity index (χ1n) is 10.8. The fraction of sp³-hybridized carbons (Fsp3) is 0.107. The van der Waals surface area contributed by atoms with E-state index < -0.39 is 5.97 Å². The van der Waals surface area contributed by atoms with Crippen LogP contribution in [0.25, 0.3) is 0 Å². The molecule has 0 heterocycles. The van der Waals surface area contributed by atoms with Gasteiger partial charge >= 0.3 is 5.97 Å². The molecule has 0 aromatic heterocycles. The molecule has 0 aliphatic rings. The lowest BCUT2D eigenvalue weighted by molar-refractivity contribution is -0.136. The number of ether oxygens (including phenoxy) is 3. The van der Waals surface area contributed by atoms with Gasteiger partial charge in [-0.25, -0.2) is 0 Å². The van der Waals surface area contributed by atoms with Crippen molar-refractivity contribution >= 4 is 17.6 Å². The van der Waals surface area contributed by atoms with Crippen molar-refractivity contribution in [2.24, 2.45) is 0 Å². The maximum atomic E-state index is 10.8. The summed E-state index contributed by atoms with van der Waals surface area (Å²) >= 11 is 6.18. The summed E-state index contributed by atoms with van der Waals surface area (Å²) in [6.07, 6.45) is 0.584. The number of hydrogen-bond donors (Lipinski definition) is 1. The Bertz CT molecular complexity index is 1290. The number of carboxylic acids is 1. The molecule has 0 radical (unpaired) electrons. The van der Waals surface area contributed by atoms with Gasteiger partial charge in [0.15, 0.2) is 11.5 Å². The number of aliphatic carboxylic acids is 1. The van der Waals surface area contributed by atoms with Gasteiger partial charge in [-0.15, -0.1) is 0 Å². The Balaban J connectivity index is 1.49. The van der Waals surface area contributed by atoms with Gasteiger partial charge in [0.2, 0.25) is 0 Å². The van der Waals surface area contributed by atoms with E-state index in [4.69, 9.17) is 30.9 Å². The Morgan fingerprint density at radius 2 is 1.41 bits per heavy atom. The molecule has 0 bridgehead atoms. The second-order valence-corrected chi connectivity index (χ2v) is 8.10. The largest absolute Gasteiger partial charge is 0.481 e. The summed E-state index contributed by atoms with van der Waals surface area (Å²) in [6.45, 7) is 1.94. The maximum absolute atomic E-state index is 10.8. The van der Waals surface area contributed by atoms with E-state index in [0.29, 0.717) is 45.9 Å². The van der Waals surface area contributed by atoms with Crippen LogP contribution in [0.4, 0.5) is 0 Å². The molecule has 172 valence electrons. The third-order valence-electron chi connectivity index (χ3n) is 5.07. The number of benzene rings is 4. The topological polar surface area (TPSA) is 65.0 Å². The molecule has 4 rings (SSSR count). The molecule has 4 aromatic carbocycles. The summed E-state index contributed by atoms with van der Waals surface area (Å²) in [7, 11) is 0. The summed E-state index contributed by atoms with van der Waals surface area (Å²) in [4.78, 5) is 10.8. The van der Waals surface area contributed by atoms with Gasteiger partial charge in [0.25, 0.3) is 0 Å². The molecule has 0 atom stereocenters. The number of para-hydroxylation sites is 1. The van der Waals surface area contributed by atoms with E-state index in [2.05, 4.69) is 0 Å². The van der Waals surface area contributed by atoms with Crippen molar-refractivity contribution in [3.05, 3.63) is 107 Å². The SMILES string of the molecule is Cc1cc(Oc2cccc(Oc3ccc(Cl)cc3Oc3ccccc3)c2)ccc1CCC(=O)O. The van der Waals surface area contributed by atoms with Crippen LogP contribution in [0.2, 0.25) is 5.02 Å². The molecule has 0 aliphatic carbocycles. The van der Waals surface area contributed by atoms with Gasteiger partial charge in [0.1, 0.15) is 23.0 Å². The molecule has 5 nitrogen and oxygen atoms in total. The summed E-state index contributed by atoms with van der Waals surface area (Å²) in [5, 5.41) is 9.44. The van der Waals surface area contributed by atoms with Gasteiger partial charge in [-0.1, -0.05) is 41.9 Å². The average molecular weight is 475 g/mol. The van der Waals surface area contributed by atoms with Crippen molar-refractivity contribution in [2.75, 3.05) is 0 Å². The maximum Gasteiger partial charge on any atom is 0.303 e. The standard InChI is InChI=1S/C28H23ClO5/c1-19-16-25(13-10-20(19)11-15-28(30)31)32-23-8-5-9-24(18-23)34-26-14-12-21(29)17-27(26)33-22-6-3-2-4-7-22/h2-10,12-14,16-18H,11,15H2,1H3,(H,30,31). The van der Waals surface area contributed by atoms with E-state index in [9.17, 15) is 4.79 Å². The molecule has 0 unspecified atom stereocenters. The highest BCUT2D eigenvalue weighted by Gasteiger charge is 2.11. The highest BCUT2D eigenvalue weighted by Crippen LogP contribution is 2.38. The van der Waals surface area contributed by atoms with E-state index >= 15 is 0 Å². The number of hydrogen-bond acceptors (Lipinski definition) is 4. The minimum Gasteiger partial charge on any atom is -0.481 e. The lowest BCUT2D eigenvalue weighted by Gasteiger charge is -2.14. The van der Waals surface area contributed by atoms with Gasteiger partial charge in [0.05, 0.1) is 0 Å². The predicted molar refractivity (Wildman–Crippen MR) is 132 cm³/mol. The first-order valence-corrected chi connectivity index (χ1v) is 11.1. The normalized spacial score (nSPS) is 10.5. The smallest absolute Gasteiger partial charge is 0.303 e. The van der Waals surface area contributed by atoms with Crippen LogP contribution < -0.4 is 14.2 Å². The van der Waals surface area contributed by atoms with Crippen LogP contribution >= 0.6 is 11.6 Å². The lowest BCUT2D eigenvalue weighted by Crippen LogP contribution is -1.99. The fourth-order valence-electron chi connectivity index (χ4n) is 3.38. The summed E-state index contributed by atoms with van der Waals surface area (Å²) < 4.78 is 18.1. The number of rotatable bonds is 9. The molecule has 34 heavy (non-hydrogen) atoms. The third kappa shape index (κ3) is 6.30. The van der Waals surface area contributed by atoms with E-state index in [0.717, 1.165) is 11.1 Å². The molecule has 0 aliphatic heterocycles. The van der Waals surface area contributed by atoms with Crippen LogP contribution in [0.3, 0.4) is 0 Å². The second kappa shape index (κ2) is 10.8. The molecule has 4 aromatic rings. The Morgan fingerprint density at radius 3 is 2.15 bits per heavy atom. The van der Waals surface area contributed by atoms with Crippen LogP contribution in [-0.2, 0) is 11.2 Å². The van der Waals surface area contributed by atoms with Crippen LogP contribution in [-0.4, -0.2) is 11.1 Å². The van der Waals surface area contributed by atoms with Crippen molar-refractivity contribution in [2.45, 2.75) is 19.8 Å². The number of aryl methyl sites for hydroxylation is 2. The van der Waals surface area contributed by atoms with E-state index in [1.54, 1.807) is 24.3 Å². The minimum absolute atomic E-state index is 0.0983. The van der Waals surface area contributed by atoms with Crippen LogP contribution in [0.5, 0.6) is 34.5 Å². The molecule has 0 spiro atoms. The van der Waals surface area contributed by atoms with Gasteiger partial charge in [-0.3, -0.25) is 4.79 Å². The van der Waals surface area contributed by atoms with Crippen molar-refractivity contribution in [1.29, 1.82) is 0 Å². The number of carboxylic acid groups (broad SMARTS) is 1. The van der Waals surface area contributed by atoms with E-state index in [-0.39, 0.29) is 6.42 Å². The Morgan fingerprint density at radius 1 is 0.735 bits per heavy atom. The Labute approximate surface area is 203 Å². The zero-order valence-corrected chi connectivity index (χ0v) is 19.3. The molecule has 0 saturated heterocycles. The summed E-state index contributed by atoms with van der Waals surface area (Å²) in [5.41, 5.74) is 1.97. The quantitative estimate of drug-likeness (QED) is 0.266. The van der Waals surface area contributed by atoms with Crippen LogP contribution in [0.15, 0.2) is 91.0 Å². The van der Waals surface area contributed by atoms with Gasteiger partial charge in [-0.2, -0.15) is 0 Å². The Hall–Kier alpha value is -3.96. The zero-order chi connectivity index (χ0) is 23.9. The lowest BCUT2D eigenvalue weighted by atomic mass is 10.0. The van der Waals surface area contributed by atoms with Crippen LogP contribution in [0, 0.1) is 6.92 Å². The highest BCUT2D eigenvalue weighted by molar-refractivity contribution is 6.30. The molecule has 6 heteroatoms. The third-order valence-corrected chi connectivity index (χ3v) is 5.30. The molecule has 0 amide bonds. The predicted octanol–water partition coefficient (Wildman–Crippen LogP) is 8.04. The van der Waals surface area contributed by atoms with Crippen molar-refractivity contribution in [3.63, 3.8) is 0 Å². The second-order valence-electron chi connectivity index (χ2n) is 7.67. The van der Waals surface area contributed by atoms with Gasteiger partial charge in [0, 0.05) is 23.6 Å². The number of carbonyl (C=O) groups is 1. The first-order chi connectivity index (χ1) is 16.5. The van der Waals surface area contributed by atoms with Gasteiger partial charge < -0.3 is 19.3 Å². The van der Waals surface area contributed by atoms with Crippen molar-refractivity contribution in [1.82, 2.24) is 0 Å². The Kier molecular flexibility index (Phi) is 7.35. The van der Waals surface area contributed by atoms with Crippen LogP contribution in [0.1, 0.15) is 17.5 Å². The van der Waals surface area contributed by atoms with Crippen molar-refractivity contribution in [3.8, 4) is 34.5 Å². The fourth-order valence-corrected chi connectivity index (χ4v) is 3.54. The molecular formula is C28H23ClO5. The molecule has 0 saturated carbocycles. The summed E-state index contributed by atoms with van der Waals surface area (Å²) in [6, 6.07) is 27.5. The zero-order valence-electron chi connectivity index (χ0n) is 18.5. The minimum atomic E-state index is -0.811. The number of halogens is 1. The molecular weight excluding hydrogens is 452 g/mol. The highest BCUT2D eigenvalue weighted by atomic mass is 35.5. The van der Waals surface area contributed by atoms with Crippen molar-refractivity contribution < 1.29 is 24.1 Å². The van der Waals surface area contributed by atoms with E-state index in [1.807, 2.05) is 73.7 Å².